The zero-order chi connectivity index (χ0) is 25.4. The van der Waals surface area contributed by atoms with Crippen molar-refractivity contribution in [3.63, 3.8) is 0 Å². The van der Waals surface area contributed by atoms with E-state index >= 15 is 0 Å². The van der Waals surface area contributed by atoms with Gasteiger partial charge in [-0.2, -0.15) is 0 Å². The predicted molar refractivity (Wildman–Crippen MR) is 152 cm³/mol. The zero-order valence-corrected chi connectivity index (χ0v) is 22.9. The van der Waals surface area contributed by atoms with Gasteiger partial charge in [-0.05, 0) is 66.4 Å². The van der Waals surface area contributed by atoms with Crippen LogP contribution in [0, 0.1) is 5.92 Å². The maximum Gasteiger partial charge on any atom is 0.231 e. The summed E-state index contributed by atoms with van der Waals surface area (Å²) >= 11 is 1.48. The molecule has 0 spiro atoms. The fourth-order valence-corrected chi connectivity index (χ4v) is 4.34. The summed E-state index contributed by atoms with van der Waals surface area (Å²) in [5.41, 5.74) is 2.02. The van der Waals surface area contributed by atoms with Gasteiger partial charge in [0, 0.05) is 11.8 Å². The Morgan fingerprint density at radius 1 is 0.806 bits per heavy atom. The van der Waals surface area contributed by atoms with Gasteiger partial charge in [-0.25, -0.2) is 4.99 Å². The second-order valence-corrected chi connectivity index (χ2v) is 10.3. The lowest BCUT2D eigenvalue weighted by Crippen LogP contribution is -2.07. The van der Waals surface area contributed by atoms with Crippen molar-refractivity contribution in [3.8, 4) is 22.1 Å². The van der Waals surface area contributed by atoms with E-state index in [2.05, 4.69) is 36.0 Å². The highest BCUT2D eigenvalue weighted by Crippen LogP contribution is 2.29. The van der Waals surface area contributed by atoms with Crippen LogP contribution in [0.5, 0.6) is 11.5 Å². The number of rotatable bonds is 17. The monoisotopic (exact) mass is 507 g/mol. The number of unbranched alkanes of at least 4 members (excludes halogenated alkanes) is 7. The van der Waals surface area contributed by atoms with Gasteiger partial charge in [0.2, 0.25) is 5.13 Å². The number of ether oxygens (including phenoxy) is 2. The average Bonchev–Trinajstić information content (AvgIpc) is 3.39. The molecule has 1 atom stereocenters. The Morgan fingerprint density at radius 3 is 2.14 bits per heavy atom. The molecule has 0 amide bonds. The van der Waals surface area contributed by atoms with Crippen LogP contribution in [0.2, 0.25) is 0 Å². The molecule has 0 radical (unpaired) electrons. The normalized spacial score (nSPS) is 12.2. The van der Waals surface area contributed by atoms with Crippen molar-refractivity contribution in [2.24, 2.45) is 10.9 Å². The number of benzene rings is 2. The van der Waals surface area contributed by atoms with Gasteiger partial charge in [-0.1, -0.05) is 83.5 Å². The van der Waals surface area contributed by atoms with Crippen LogP contribution in [-0.4, -0.2) is 29.6 Å². The molecule has 0 bridgehead atoms. The molecule has 3 aromatic rings. The summed E-state index contributed by atoms with van der Waals surface area (Å²) in [5.74, 6) is 2.35. The first-order valence-electron chi connectivity index (χ1n) is 13.5. The molecule has 0 N–H and O–H groups in total. The summed E-state index contributed by atoms with van der Waals surface area (Å²) in [6, 6.07) is 16.1. The standard InChI is InChI=1S/C30H41N3O2S/c1-4-6-7-8-9-10-11-12-21-34-27-19-15-26(16-20-27)29-32-33-30(36-29)31-22-25-13-17-28(18-14-25)35-23-24(3)5-2/h13-20,22,24H,4-12,21,23H2,1-3H3/b31-22+/t24-/m0/s1. The summed E-state index contributed by atoms with van der Waals surface area (Å²) in [7, 11) is 0. The Balaban J connectivity index is 1.40. The van der Waals surface area contributed by atoms with E-state index in [0.717, 1.165) is 53.7 Å². The van der Waals surface area contributed by atoms with Crippen LogP contribution < -0.4 is 9.47 Å². The van der Waals surface area contributed by atoms with Crippen LogP contribution >= 0.6 is 11.3 Å². The van der Waals surface area contributed by atoms with Gasteiger partial charge in [0.05, 0.1) is 13.2 Å². The van der Waals surface area contributed by atoms with Crippen molar-refractivity contribution in [3.05, 3.63) is 54.1 Å². The van der Waals surface area contributed by atoms with Gasteiger partial charge in [-0.15, -0.1) is 10.2 Å². The van der Waals surface area contributed by atoms with E-state index in [4.69, 9.17) is 9.47 Å². The Hall–Kier alpha value is -2.73. The van der Waals surface area contributed by atoms with Crippen molar-refractivity contribution in [2.75, 3.05) is 13.2 Å². The molecule has 0 saturated carbocycles. The molecule has 6 heteroatoms. The molecule has 0 saturated heterocycles. The SMILES string of the molecule is CCCCCCCCCCOc1ccc(-c2nnc(/N=C/c3ccc(OC[C@@H](C)CC)cc3)s2)cc1. The molecule has 5 nitrogen and oxygen atoms in total. The first-order chi connectivity index (χ1) is 17.7. The lowest BCUT2D eigenvalue weighted by Gasteiger charge is -2.10. The Bertz CT molecular complexity index is 1020. The van der Waals surface area contributed by atoms with E-state index in [1.54, 1.807) is 0 Å². The van der Waals surface area contributed by atoms with Crippen molar-refractivity contribution in [2.45, 2.75) is 78.6 Å². The maximum atomic E-state index is 5.91. The van der Waals surface area contributed by atoms with E-state index < -0.39 is 0 Å². The fourth-order valence-electron chi connectivity index (χ4n) is 3.64. The highest BCUT2D eigenvalue weighted by Gasteiger charge is 2.06. The van der Waals surface area contributed by atoms with Gasteiger partial charge in [0.25, 0.3) is 0 Å². The van der Waals surface area contributed by atoms with Crippen LogP contribution in [0.25, 0.3) is 10.6 Å². The molecular formula is C30H41N3O2S. The van der Waals surface area contributed by atoms with E-state index in [9.17, 15) is 0 Å². The summed E-state index contributed by atoms with van der Waals surface area (Å²) in [6.45, 7) is 8.14. The number of nitrogens with zero attached hydrogens (tertiary/aromatic N) is 3. The summed E-state index contributed by atoms with van der Waals surface area (Å²) < 4.78 is 11.7. The zero-order valence-electron chi connectivity index (χ0n) is 22.1. The minimum absolute atomic E-state index is 0.557. The van der Waals surface area contributed by atoms with E-state index in [-0.39, 0.29) is 0 Å². The first kappa shape index (κ1) is 27.9. The quantitative estimate of drug-likeness (QED) is 0.135. The lowest BCUT2D eigenvalue weighted by molar-refractivity contribution is 0.256. The van der Waals surface area contributed by atoms with Gasteiger partial charge in [0.15, 0.2) is 0 Å². The minimum Gasteiger partial charge on any atom is -0.494 e. The molecule has 0 unspecified atom stereocenters. The molecule has 0 aliphatic heterocycles. The van der Waals surface area contributed by atoms with Crippen LogP contribution in [0.15, 0.2) is 53.5 Å². The van der Waals surface area contributed by atoms with Crippen molar-refractivity contribution < 1.29 is 9.47 Å². The molecule has 3 rings (SSSR count). The molecule has 2 aromatic carbocycles. The van der Waals surface area contributed by atoms with Gasteiger partial charge in [-0.3, -0.25) is 0 Å². The maximum absolute atomic E-state index is 5.91. The minimum atomic E-state index is 0.557. The van der Waals surface area contributed by atoms with Crippen LogP contribution in [0.3, 0.4) is 0 Å². The summed E-state index contributed by atoms with van der Waals surface area (Å²) in [5, 5.41) is 10.0. The third-order valence-electron chi connectivity index (χ3n) is 6.22. The third-order valence-corrected chi connectivity index (χ3v) is 7.10. The number of aromatic nitrogens is 2. The van der Waals surface area contributed by atoms with Gasteiger partial charge in [0.1, 0.15) is 16.5 Å². The number of hydrogen-bond donors (Lipinski definition) is 0. The Labute approximate surface area is 221 Å². The third kappa shape index (κ3) is 10.1. The fraction of sp³-hybridized carbons (Fsp3) is 0.500. The van der Waals surface area contributed by atoms with E-state index in [0.29, 0.717) is 11.0 Å². The number of aliphatic imine (C=N–C) groups is 1. The van der Waals surface area contributed by atoms with Crippen LogP contribution in [0.1, 0.15) is 84.1 Å². The largest absolute Gasteiger partial charge is 0.494 e. The van der Waals surface area contributed by atoms with Crippen LogP contribution in [-0.2, 0) is 0 Å². The highest BCUT2D eigenvalue weighted by molar-refractivity contribution is 7.18. The van der Waals surface area contributed by atoms with Crippen molar-refractivity contribution >= 4 is 22.7 Å². The Morgan fingerprint density at radius 2 is 1.44 bits per heavy atom. The average molecular weight is 508 g/mol. The molecular weight excluding hydrogens is 466 g/mol. The second-order valence-electron chi connectivity index (χ2n) is 9.39. The van der Waals surface area contributed by atoms with Crippen molar-refractivity contribution in [1.82, 2.24) is 10.2 Å². The summed E-state index contributed by atoms with van der Waals surface area (Å²) in [4.78, 5) is 4.50. The lowest BCUT2D eigenvalue weighted by atomic mass is 10.1. The second kappa shape index (κ2) is 16.1. The summed E-state index contributed by atoms with van der Waals surface area (Å²) in [6.07, 6.45) is 13.4. The molecule has 0 aliphatic rings. The molecule has 0 fully saturated rings. The first-order valence-corrected chi connectivity index (χ1v) is 14.3. The van der Waals surface area contributed by atoms with E-state index in [1.807, 2.05) is 54.7 Å². The molecule has 1 heterocycles. The molecule has 0 aliphatic carbocycles. The Kier molecular flexibility index (Phi) is 12.5. The highest BCUT2D eigenvalue weighted by atomic mass is 32.1. The van der Waals surface area contributed by atoms with Gasteiger partial charge < -0.3 is 9.47 Å². The molecule has 1 aromatic heterocycles. The van der Waals surface area contributed by atoms with E-state index in [1.165, 1.54) is 56.3 Å². The predicted octanol–water partition coefficient (Wildman–Crippen LogP) is 8.90. The van der Waals surface area contributed by atoms with Crippen molar-refractivity contribution in [1.29, 1.82) is 0 Å². The molecule has 194 valence electrons. The van der Waals surface area contributed by atoms with Crippen LogP contribution in [0.4, 0.5) is 5.13 Å². The topological polar surface area (TPSA) is 56.6 Å². The number of hydrogen-bond acceptors (Lipinski definition) is 6. The van der Waals surface area contributed by atoms with Gasteiger partial charge >= 0.3 is 0 Å². The molecule has 36 heavy (non-hydrogen) atoms. The smallest absolute Gasteiger partial charge is 0.231 e.